The molecule has 4 heteroatoms. The molecule has 0 aliphatic rings. The van der Waals surface area contributed by atoms with E-state index in [2.05, 4.69) is 17.2 Å². The van der Waals surface area contributed by atoms with Crippen molar-refractivity contribution in [3.05, 3.63) is 107 Å². The third-order valence-electron chi connectivity index (χ3n) is 5.16. The van der Waals surface area contributed by atoms with Crippen LogP contribution in [0.25, 0.3) is 10.9 Å². The molecule has 0 saturated carbocycles. The number of carbonyl (C=O) groups is 1. The summed E-state index contributed by atoms with van der Waals surface area (Å²) in [6.07, 6.45) is 2.62. The summed E-state index contributed by atoms with van der Waals surface area (Å²) in [5.74, 6) is 0.0663. The second-order valence-electron chi connectivity index (χ2n) is 7.35. The molecule has 146 valence electrons. The van der Waals surface area contributed by atoms with Gasteiger partial charge in [0.05, 0.1) is 6.04 Å². The number of hydrogen-bond acceptors (Lipinski definition) is 2. The zero-order chi connectivity index (χ0) is 20.2. The first-order valence-corrected chi connectivity index (χ1v) is 10.2. The molecule has 0 amide bonds. The number of halogens is 1. The Kier molecular flexibility index (Phi) is 5.79. The second-order valence-corrected chi connectivity index (χ2v) is 7.79. The summed E-state index contributed by atoms with van der Waals surface area (Å²) >= 11 is 6.00. The molecular formula is C25H23ClN2O. The maximum atomic E-state index is 13.6. The number of Topliss-reactive ketones (excluding diaryl/α,β-unsaturated/α-hetero) is 1. The van der Waals surface area contributed by atoms with Crippen molar-refractivity contribution in [2.45, 2.75) is 25.4 Å². The minimum atomic E-state index is -0.419. The molecule has 1 heterocycles. The van der Waals surface area contributed by atoms with Crippen molar-refractivity contribution in [1.82, 2.24) is 10.3 Å². The van der Waals surface area contributed by atoms with E-state index in [1.165, 1.54) is 5.56 Å². The van der Waals surface area contributed by atoms with E-state index >= 15 is 0 Å². The van der Waals surface area contributed by atoms with Crippen LogP contribution in [0.1, 0.15) is 34.5 Å². The fourth-order valence-electron chi connectivity index (χ4n) is 3.72. The zero-order valence-electron chi connectivity index (χ0n) is 16.2. The molecule has 0 fully saturated rings. The van der Waals surface area contributed by atoms with Crippen LogP contribution < -0.4 is 5.32 Å². The van der Waals surface area contributed by atoms with E-state index in [1.54, 1.807) is 0 Å². The van der Waals surface area contributed by atoms with E-state index in [4.69, 9.17) is 11.6 Å². The zero-order valence-corrected chi connectivity index (χ0v) is 17.0. The fraction of sp³-hybridized carbons (Fsp3) is 0.160. The number of benzene rings is 3. The summed E-state index contributed by atoms with van der Waals surface area (Å²) < 4.78 is 0. The van der Waals surface area contributed by atoms with Crippen LogP contribution in [-0.2, 0) is 6.42 Å². The van der Waals surface area contributed by atoms with Crippen LogP contribution in [0.5, 0.6) is 0 Å². The first kappa shape index (κ1) is 19.4. The smallest absolute Gasteiger partial charge is 0.186 e. The van der Waals surface area contributed by atoms with Crippen LogP contribution in [-0.4, -0.2) is 16.8 Å². The lowest BCUT2D eigenvalue weighted by Crippen LogP contribution is -2.36. The summed E-state index contributed by atoms with van der Waals surface area (Å²) in [5.41, 5.74) is 3.82. The van der Waals surface area contributed by atoms with Crippen molar-refractivity contribution in [2.24, 2.45) is 0 Å². The van der Waals surface area contributed by atoms with Crippen LogP contribution in [0.2, 0.25) is 5.02 Å². The van der Waals surface area contributed by atoms with Gasteiger partial charge in [-0.3, -0.25) is 4.79 Å². The molecule has 1 unspecified atom stereocenters. The maximum absolute atomic E-state index is 13.6. The second kappa shape index (κ2) is 8.64. The van der Waals surface area contributed by atoms with Crippen LogP contribution in [0, 0.1) is 0 Å². The van der Waals surface area contributed by atoms with Crippen molar-refractivity contribution in [1.29, 1.82) is 0 Å². The molecule has 2 N–H and O–H groups in total. The highest BCUT2D eigenvalue weighted by molar-refractivity contribution is 6.30. The highest BCUT2D eigenvalue weighted by atomic mass is 35.5. The van der Waals surface area contributed by atoms with E-state index in [-0.39, 0.29) is 11.8 Å². The molecule has 2 atom stereocenters. The third kappa shape index (κ3) is 4.42. The molecule has 3 nitrogen and oxygen atoms in total. The maximum Gasteiger partial charge on any atom is 0.186 e. The van der Waals surface area contributed by atoms with Gasteiger partial charge in [-0.2, -0.15) is 0 Å². The Morgan fingerprint density at radius 3 is 2.41 bits per heavy atom. The fourth-order valence-corrected chi connectivity index (χ4v) is 3.84. The number of fused-ring (bicyclic) bond motifs is 1. The van der Waals surface area contributed by atoms with Gasteiger partial charge in [-0.15, -0.1) is 0 Å². The number of ketones is 1. The molecule has 29 heavy (non-hydrogen) atoms. The Morgan fingerprint density at radius 1 is 0.966 bits per heavy atom. The molecule has 3 aromatic carbocycles. The van der Waals surface area contributed by atoms with Gasteiger partial charge in [0, 0.05) is 33.7 Å². The number of rotatable bonds is 7. The van der Waals surface area contributed by atoms with Gasteiger partial charge >= 0.3 is 0 Å². The van der Waals surface area contributed by atoms with Crippen molar-refractivity contribution < 1.29 is 4.79 Å². The lowest BCUT2D eigenvalue weighted by Gasteiger charge is -2.23. The molecule has 0 aliphatic carbocycles. The molecule has 4 rings (SSSR count). The number of carbonyl (C=O) groups excluding carboxylic acids is 1. The lowest BCUT2D eigenvalue weighted by atomic mass is 9.95. The molecule has 0 radical (unpaired) electrons. The van der Waals surface area contributed by atoms with Gasteiger partial charge in [-0.25, -0.2) is 0 Å². The van der Waals surface area contributed by atoms with Gasteiger partial charge in [0.2, 0.25) is 0 Å². The minimum Gasteiger partial charge on any atom is -0.360 e. The third-order valence-corrected chi connectivity index (χ3v) is 5.41. The molecule has 0 saturated heterocycles. The minimum absolute atomic E-state index is 0.0663. The number of para-hydroxylation sites is 1. The highest BCUT2D eigenvalue weighted by Gasteiger charge is 2.25. The van der Waals surface area contributed by atoms with E-state index in [0.29, 0.717) is 5.56 Å². The first-order valence-electron chi connectivity index (χ1n) is 9.77. The Labute approximate surface area is 175 Å². The average Bonchev–Trinajstić information content (AvgIpc) is 3.18. The summed E-state index contributed by atoms with van der Waals surface area (Å²) in [4.78, 5) is 16.8. The largest absolute Gasteiger partial charge is 0.360 e. The number of H-pyrrole nitrogens is 1. The molecule has 0 spiro atoms. The van der Waals surface area contributed by atoms with Gasteiger partial charge < -0.3 is 10.3 Å². The summed E-state index contributed by atoms with van der Waals surface area (Å²) in [5, 5.41) is 5.23. The van der Waals surface area contributed by atoms with Gasteiger partial charge in [-0.05, 0) is 42.7 Å². The van der Waals surface area contributed by atoms with Gasteiger partial charge in [0.25, 0.3) is 0 Å². The topological polar surface area (TPSA) is 44.9 Å². The predicted molar refractivity (Wildman–Crippen MR) is 120 cm³/mol. The normalized spacial score (nSPS) is 13.3. The van der Waals surface area contributed by atoms with E-state index in [0.717, 1.165) is 27.9 Å². The first-order chi connectivity index (χ1) is 14.1. The van der Waals surface area contributed by atoms with Crippen molar-refractivity contribution in [2.75, 3.05) is 0 Å². The molecular weight excluding hydrogens is 380 g/mol. The SMILES string of the molecule is CC(Cc1ccc(Cl)cc1)N[C@H](C(=O)c1c[nH]c2ccccc12)c1ccccc1. The summed E-state index contributed by atoms with van der Waals surface area (Å²) in [6, 6.07) is 25.3. The van der Waals surface area contributed by atoms with Gasteiger partial charge in [-0.1, -0.05) is 72.3 Å². The monoisotopic (exact) mass is 402 g/mol. The Balaban J connectivity index is 1.61. The quantitative estimate of drug-likeness (QED) is 0.374. The molecule has 0 aliphatic heterocycles. The van der Waals surface area contributed by atoms with E-state index in [9.17, 15) is 4.79 Å². The van der Waals surface area contributed by atoms with Crippen LogP contribution in [0.4, 0.5) is 0 Å². The molecule has 1 aromatic heterocycles. The molecule has 0 bridgehead atoms. The predicted octanol–water partition coefficient (Wildman–Crippen LogP) is 5.97. The molecule has 4 aromatic rings. The Morgan fingerprint density at radius 2 is 1.66 bits per heavy atom. The Hall–Kier alpha value is -2.88. The van der Waals surface area contributed by atoms with Gasteiger partial charge in [0.1, 0.15) is 0 Å². The number of aromatic amines is 1. The standard InChI is InChI=1S/C25H23ClN2O/c1-17(15-18-11-13-20(26)14-12-18)28-24(19-7-3-2-4-8-19)25(29)22-16-27-23-10-6-5-9-21(22)23/h2-14,16-17,24,27-28H,15H2,1H3/t17?,24-/m0/s1. The number of aromatic nitrogens is 1. The lowest BCUT2D eigenvalue weighted by molar-refractivity contribution is 0.0938. The highest BCUT2D eigenvalue weighted by Crippen LogP contribution is 2.25. The van der Waals surface area contributed by atoms with E-state index < -0.39 is 6.04 Å². The Bertz CT molecular complexity index is 1100. The van der Waals surface area contributed by atoms with Crippen LogP contribution in [0.15, 0.2) is 85.1 Å². The van der Waals surface area contributed by atoms with Crippen molar-refractivity contribution in [3.8, 4) is 0 Å². The van der Waals surface area contributed by atoms with Crippen LogP contribution in [0.3, 0.4) is 0 Å². The van der Waals surface area contributed by atoms with Crippen molar-refractivity contribution in [3.63, 3.8) is 0 Å². The number of hydrogen-bond donors (Lipinski definition) is 2. The number of nitrogens with one attached hydrogen (secondary N) is 2. The van der Waals surface area contributed by atoms with Crippen LogP contribution >= 0.6 is 11.6 Å². The van der Waals surface area contributed by atoms with Gasteiger partial charge in [0.15, 0.2) is 5.78 Å². The van der Waals surface area contributed by atoms with Crippen molar-refractivity contribution >= 4 is 28.3 Å². The average molecular weight is 403 g/mol. The summed E-state index contributed by atoms with van der Waals surface area (Å²) in [6.45, 7) is 2.10. The van der Waals surface area contributed by atoms with E-state index in [1.807, 2.05) is 85.1 Å². The summed E-state index contributed by atoms with van der Waals surface area (Å²) in [7, 11) is 0.